The van der Waals surface area contributed by atoms with Gasteiger partial charge in [0.25, 0.3) is 0 Å². The van der Waals surface area contributed by atoms with Gasteiger partial charge in [-0.3, -0.25) is 0 Å². The molecule has 1 N–H and O–H groups in total. The minimum absolute atomic E-state index is 0.0228. The molecule has 0 atom stereocenters. The Morgan fingerprint density at radius 3 is 2.59 bits per heavy atom. The highest BCUT2D eigenvalue weighted by molar-refractivity contribution is 5.85. The zero-order valence-electron chi connectivity index (χ0n) is 14.9. The lowest BCUT2D eigenvalue weighted by Crippen LogP contribution is -2.06. The van der Waals surface area contributed by atoms with Crippen LogP contribution in [0, 0.1) is 11.3 Å². The summed E-state index contributed by atoms with van der Waals surface area (Å²) in [4.78, 5) is 0. The maximum Gasteiger partial charge on any atom is 0.416 e. The van der Waals surface area contributed by atoms with Gasteiger partial charge >= 0.3 is 6.18 Å². The number of nitrogens with zero attached hydrogens (tertiary/aromatic N) is 3. The molecule has 8 heteroatoms. The molecule has 4 rings (SSSR count). The van der Waals surface area contributed by atoms with E-state index in [1.807, 2.05) is 42.5 Å². The first-order valence-electron chi connectivity index (χ1n) is 8.58. The van der Waals surface area contributed by atoms with Crippen LogP contribution in [0.2, 0.25) is 0 Å². The number of rotatable bonds is 4. The molecule has 5 nitrogen and oxygen atoms in total. The van der Waals surface area contributed by atoms with Gasteiger partial charge in [0.1, 0.15) is 24.1 Å². The fraction of sp³-hybridized carbons (Fsp3) is 0.0952. The van der Waals surface area contributed by atoms with Crippen LogP contribution in [0.3, 0.4) is 0 Å². The van der Waals surface area contributed by atoms with Crippen molar-refractivity contribution in [2.75, 3.05) is 0 Å². The fourth-order valence-corrected chi connectivity index (χ4v) is 3.07. The number of aromatic nitrogens is 3. The Morgan fingerprint density at radius 1 is 1.00 bits per heavy atom. The van der Waals surface area contributed by atoms with Crippen molar-refractivity contribution in [1.29, 1.82) is 5.26 Å². The van der Waals surface area contributed by atoms with Crippen molar-refractivity contribution in [3.8, 4) is 23.1 Å². The third-order valence-electron chi connectivity index (χ3n) is 4.44. The molecule has 29 heavy (non-hydrogen) atoms. The van der Waals surface area contributed by atoms with E-state index in [0.717, 1.165) is 28.5 Å². The molecule has 0 aliphatic carbocycles. The Morgan fingerprint density at radius 2 is 1.79 bits per heavy atom. The average Bonchev–Trinajstić information content (AvgIpc) is 3.20. The van der Waals surface area contributed by atoms with Gasteiger partial charge in [0.15, 0.2) is 5.69 Å². The van der Waals surface area contributed by atoms with Crippen LogP contribution in [0.25, 0.3) is 22.0 Å². The Balaban J connectivity index is 1.71. The molecule has 0 aliphatic heterocycles. The van der Waals surface area contributed by atoms with Gasteiger partial charge in [0, 0.05) is 5.56 Å². The molecule has 0 radical (unpaired) electrons. The Bertz CT molecular complexity index is 1220. The lowest BCUT2D eigenvalue weighted by atomic mass is 10.0. The maximum atomic E-state index is 13.4. The van der Waals surface area contributed by atoms with E-state index in [1.165, 1.54) is 6.07 Å². The Kier molecular flexibility index (Phi) is 4.64. The number of aromatic amines is 1. The number of hydrogen-bond acceptors (Lipinski definition) is 4. The van der Waals surface area contributed by atoms with Crippen molar-refractivity contribution < 1.29 is 17.9 Å². The molecule has 0 saturated heterocycles. The van der Waals surface area contributed by atoms with Crippen molar-refractivity contribution in [2.24, 2.45) is 0 Å². The molecule has 0 unspecified atom stereocenters. The third-order valence-corrected chi connectivity index (χ3v) is 4.44. The second kappa shape index (κ2) is 7.28. The van der Waals surface area contributed by atoms with Gasteiger partial charge in [-0.25, -0.2) is 0 Å². The highest BCUT2D eigenvalue weighted by Crippen LogP contribution is 2.36. The third kappa shape index (κ3) is 3.75. The van der Waals surface area contributed by atoms with Gasteiger partial charge in [-0.15, -0.1) is 5.10 Å². The largest absolute Gasteiger partial charge is 0.489 e. The number of nitriles is 1. The second-order valence-electron chi connectivity index (χ2n) is 6.30. The summed E-state index contributed by atoms with van der Waals surface area (Å²) >= 11 is 0. The number of fused-ring (bicyclic) bond motifs is 1. The molecule has 0 saturated carbocycles. The second-order valence-corrected chi connectivity index (χ2v) is 6.30. The lowest BCUT2D eigenvalue weighted by molar-refractivity contribution is -0.137. The summed E-state index contributed by atoms with van der Waals surface area (Å²) in [5.74, 6) is 0.0228. The smallest absolute Gasteiger partial charge is 0.416 e. The first kappa shape index (κ1) is 18.5. The average molecular weight is 394 g/mol. The summed E-state index contributed by atoms with van der Waals surface area (Å²) in [5.41, 5.74) is -0.00740. The molecule has 3 aromatic carbocycles. The summed E-state index contributed by atoms with van der Waals surface area (Å²) < 4.78 is 45.8. The van der Waals surface area contributed by atoms with E-state index in [0.29, 0.717) is 0 Å². The van der Waals surface area contributed by atoms with E-state index in [2.05, 4.69) is 15.4 Å². The minimum Gasteiger partial charge on any atom is -0.489 e. The van der Waals surface area contributed by atoms with Crippen molar-refractivity contribution >= 4 is 10.8 Å². The van der Waals surface area contributed by atoms with E-state index in [9.17, 15) is 13.2 Å². The van der Waals surface area contributed by atoms with Crippen LogP contribution in [0.5, 0.6) is 5.75 Å². The first-order chi connectivity index (χ1) is 14.0. The number of ether oxygens (including phenoxy) is 1. The molecule has 0 aliphatic rings. The van der Waals surface area contributed by atoms with E-state index in [-0.39, 0.29) is 29.3 Å². The van der Waals surface area contributed by atoms with Gasteiger partial charge in [-0.1, -0.05) is 42.5 Å². The van der Waals surface area contributed by atoms with Crippen LogP contribution in [-0.4, -0.2) is 15.4 Å². The topological polar surface area (TPSA) is 74.6 Å². The van der Waals surface area contributed by atoms with Gasteiger partial charge in [-0.2, -0.15) is 28.7 Å². The summed E-state index contributed by atoms with van der Waals surface area (Å²) in [5, 5.41) is 20.8. The highest BCUT2D eigenvalue weighted by atomic mass is 19.4. The highest BCUT2D eigenvalue weighted by Gasteiger charge is 2.32. The summed E-state index contributed by atoms with van der Waals surface area (Å²) in [7, 11) is 0. The summed E-state index contributed by atoms with van der Waals surface area (Å²) in [6.07, 6.45) is -4.58. The molecule has 0 amide bonds. The van der Waals surface area contributed by atoms with E-state index in [4.69, 9.17) is 10.00 Å². The van der Waals surface area contributed by atoms with E-state index < -0.39 is 11.7 Å². The summed E-state index contributed by atoms with van der Waals surface area (Å²) in [6.45, 7) is 0.0893. The van der Waals surface area contributed by atoms with Gasteiger partial charge < -0.3 is 4.74 Å². The molecule has 0 bridgehead atoms. The predicted molar refractivity (Wildman–Crippen MR) is 99.8 cm³/mol. The van der Waals surface area contributed by atoms with Gasteiger partial charge in [0.2, 0.25) is 0 Å². The number of nitrogens with one attached hydrogen (secondary N) is 1. The van der Waals surface area contributed by atoms with Crippen LogP contribution in [0.15, 0.2) is 60.7 Å². The lowest BCUT2D eigenvalue weighted by Gasteiger charge is -2.13. The molecular formula is C21H13F3N4O. The number of hydrogen-bond donors (Lipinski definition) is 1. The Labute approximate surface area is 163 Å². The monoisotopic (exact) mass is 394 g/mol. The minimum atomic E-state index is -4.58. The van der Waals surface area contributed by atoms with Crippen LogP contribution in [-0.2, 0) is 12.8 Å². The van der Waals surface area contributed by atoms with Crippen molar-refractivity contribution in [3.63, 3.8) is 0 Å². The number of benzene rings is 3. The molecule has 1 aromatic heterocycles. The van der Waals surface area contributed by atoms with Crippen molar-refractivity contribution in [1.82, 2.24) is 15.4 Å². The standard InChI is InChI=1S/C21H13F3N4O/c22-21(23,24)16-8-15(20-19(11-25)26-28-27-20)9-17(10-16)29-12-14-6-3-5-13-4-1-2-7-18(13)14/h1-10H,12H2,(H,26,27,28). The van der Waals surface area contributed by atoms with Crippen LogP contribution in [0.4, 0.5) is 13.2 Å². The fourth-order valence-electron chi connectivity index (χ4n) is 3.07. The van der Waals surface area contributed by atoms with E-state index >= 15 is 0 Å². The molecule has 144 valence electrons. The van der Waals surface area contributed by atoms with Crippen molar-refractivity contribution in [3.05, 3.63) is 77.5 Å². The molecule has 0 spiro atoms. The van der Waals surface area contributed by atoms with Crippen LogP contribution >= 0.6 is 0 Å². The number of halogens is 3. The SMILES string of the molecule is N#Cc1n[nH]nc1-c1cc(OCc2cccc3ccccc23)cc(C(F)(F)F)c1. The van der Waals surface area contributed by atoms with E-state index in [1.54, 1.807) is 6.07 Å². The zero-order chi connectivity index (χ0) is 20.4. The van der Waals surface area contributed by atoms with Gasteiger partial charge in [-0.05, 0) is 34.5 Å². The molecule has 1 heterocycles. The first-order valence-corrected chi connectivity index (χ1v) is 8.58. The van der Waals surface area contributed by atoms with Crippen molar-refractivity contribution in [2.45, 2.75) is 12.8 Å². The molecule has 0 fully saturated rings. The number of alkyl halides is 3. The molecule has 4 aromatic rings. The normalized spacial score (nSPS) is 11.4. The van der Waals surface area contributed by atoms with Gasteiger partial charge in [0.05, 0.1) is 5.56 Å². The maximum absolute atomic E-state index is 13.4. The predicted octanol–water partition coefficient (Wildman–Crippen LogP) is 5.09. The van der Waals surface area contributed by atoms with Crippen LogP contribution in [0.1, 0.15) is 16.8 Å². The quantitative estimate of drug-likeness (QED) is 0.523. The summed E-state index contributed by atoms with van der Waals surface area (Å²) in [6, 6.07) is 18.4. The number of H-pyrrole nitrogens is 1. The zero-order valence-corrected chi connectivity index (χ0v) is 14.9. The molecular weight excluding hydrogens is 381 g/mol. The Hall–Kier alpha value is -3.86. The van der Waals surface area contributed by atoms with Crippen LogP contribution < -0.4 is 4.74 Å².